The van der Waals surface area contributed by atoms with Crippen molar-refractivity contribution in [3.63, 3.8) is 0 Å². The van der Waals surface area contributed by atoms with Crippen molar-refractivity contribution in [2.24, 2.45) is 0 Å². The number of thioether (sulfide) groups is 1. The Morgan fingerprint density at radius 3 is 2.86 bits per heavy atom. The summed E-state index contributed by atoms with van der Waals surface area (Å²) in [7, 11) is 0. The quantitative estimate of drug-likeness (QED) is 0.864. The molecule has 3 rings (SSSR count). The van der Waals surface area contributed by atoms with Gasteiger partial charge in [0.05, 0.1) is 11.4 Å². The predicted octanol–water partition coefficient (Wildman–Crippen LogP) is 4.02. The number of hydrogen-bond donors (Lipinski definition) is 1. The molecule has 21 heavy (non-hydrogen) atoms. The summed E-state index contributed by atoms with van der Waals surface area (Å²) in [5.41, 5.74) is 6.13. The lowest BCUT2D eigenvalue weighted by Crippen LogP contribution is -2.08. The molecule has 2 aromatic rings. The molecule has 2 N–H and O–H groups in total. The number of halogens is 1. The highest BCUT2D eigenvalue weighted by Gasteiger charge is 2.16. The highest BCUT2D eigenvalue weighted by molar-refractivity contribution is 7.99. The van der Waals surface area contributed by atoms with Crippen LogP contribution in [0.5, 0.6) is 0 Å². The number of rotatable bonds is 4. The summed E-state index contributed by atoms with van der Waals surface area (Å²) in [6, 6.07) is 4.51. The van der Waals surface area contributed by atoms with Gasteiger partial charge < -0.3 is 10.3 Å². The average molecular weight is 307 g/mol. The van der Waals surface area contributed by atoms with Crippen LogP contribution in [0, 0.1) is 5.82 Å². The Hall–Kier alpha value is -1.56. The molecule has 0 amide bonds. The van der Waals surface area contributed by atoms with E-state index in [4.69, 9.17) is 10.3 Å². The first kappa shape index (κ1) is 14.4. The molecule has 1 saturated carbocycles. The number of benzene rings is 1. The Kier molecular flexibility index (Phi) is 4.43. The van der Waals surface area contributed by atoms with Gasteiger partial charge in [0.2, 0.25) is 0 Å². The van der Waals surface area contributed by atoms with Crippen molar-refractivity contribution in [1.82, 2.24) is 10.1 Å². The number of nitrogens with zero attached hydrogens (tertiary/aromatic N) is 2. The molecule has 0 aliphatic heterocycles. The number of nitrogen functional groups attached to an aromatic ring is 1. The van der Waals surface area contributed by atoms with E-state index >= 15 is 0 Å². The molecule has 6 heteroatoms. The summed E-state index contributed by atoms with van der Waals surface area (Å²) >= 11 is 1.89. The van der Waals surface area contributed by atoms with Gasteiger partial charge in [0.1, 0.15) is 5.82 Å². The standard InChI is InChI=1S/C15H18FN3OS/c16-12-8-10(6-7-13(12)17)15-18-14(19-20-15)9-21-11-4-2-1-3-5-11/h6-8,11H,1-5,9,17H2. The third kappa shape index (κ3) is 3.56. The molecule has 1 heterocycles. The summed E-state index contributed by atoms with van der Waals surface area (Å²) in [5.74, 6) is 1.28. The van der Waals surface area contributed by atoms with Gasteiger partial charge >= 0.3 is 0 Å². The fraction of sp³-hybridized carbons (Fsp3) is 0.467. The van der Waals surface area contributed by atoms with Crippen molar-refractivity contribution in [2.75, 3.05) is 5.73 Å². The van der Waals surface area contributed by atoms with Crippen LogP contribution in [0.4, 0.5) is 10.1 Å². The van der Waals surface area contributed by atoms with Crippen LogP contribution in [0.25, 0.3) is 11.5 Å². The highest BCUT2D eigenvalue weighted by Crippen LogP contribution is 2.30. The molecule has 1 aliphatic rings. The second-order valence-corrected chi connectivity index (χ2v) is 6.61. The smallest absolute Gasteiger partial charge is 0.258 e. The molecule has 0 bridgehead atoms. The molecule has 0 spiro atoms. The Bertz CT molecular complexity index is 611. The zero-order chi connectivity index (χ0) is 14.7. The lowest BCUT2D eigenvalue weighted by atomic mass is 10.0. The summed E-state index contributed by atoms with van der Waals surface area (Å²) in [6.45, 7) is 0. The van der Waals surface area contributed by atoms with Crippen LogP contribution in [0.1, 0.15) is 37.9 Å². The van der Waals surface area contributed by atoms with Crippen molar-refractivity contribution in [3.05, 3.63) is 29.8 Å². The van der Waals surface area contributed by atoms with Gasteiger partial charge in [-0.15, -0.1) is 0 Å². The third-order valence-corrected chi connectivity index (χ3v) is 5.08. The number of nitrogens with two attached hydrogens (primary N) is 1. The molecule has 1 aromatic carbocycles. The van der Waals surface area contributed by atoms with Crippen molar-refractivity contribution in [1.29, 1.82) is 0 Å². The first-order valence-corrected chi connectivity index (χ1v) is 8.27. The van der Waals surface area contributed by atoms with Crippen LogP contribution in [-0.4, -0.2) is 15.4 Å². The van der Waals surface area contributed by atoms with E-state index in [1.807, 2.05) is 11.8 Å². The summed E-state index contributed by atoms with van der Waals surface area (Å²) < 4.78 is 18.6. The number of anilines is 1. The van der Waals surface area contributed by atoms with E-state index in [1.54, 1.807) is 6.07 Å². The van der Waals surface area contributed by atoms with Crippen molar-refractivity contribution < 1.29 is 8.91 Å². The van der Waals surface area contributed by atoms with Crippen molar-refractivity contribution in [3.8, 4) is 11.5 Å². The van der Waals surface area contributed by atoms with E-state index < -0.39 is 5.82 Å². The normalized spacial score (nSPS) is 16.2. The first-order chi connectivity index (χ1) is 10.2. The van der Waals surface area contributed by atoms with Gasteiger partial charge in [-0.25, -0.2) is 4.39 Å². The van der Waals surface area contributed by atoms with Gasteiger partial charge in [-0.1, -0.05) is 24.4 Å². The van der Waals surface area contributed by atoms with Gasteiger partial charge in [-0.05, 0) is 31.0 Å². The molecule has 112 valence electrons. The van der Waals surface area contributed by atoms with Gasteiger partial charge in [-0.2, -0.15) is 16.7 Å². The van der Waals surface area contributed by atoms with E-state index in [0.717, 1.165) is 5.75 Å². The topological polar surface area (TPSA) is 64.9 Å². The third-order valence-electron chi connectivity index (χ3n) is 3.72. The van der Waals surface area contributed by atoms with E-state index in [1.165, 1.54) is 44.2 Å². The van der Waals surface area contributed by atoms with Gasteiger partial charge in [0.15, 0.2) is 5.82 Å². The molecule has 4 nitrogen and oxygen atoms in total. The maximum Gasteiger partial charge on any atom is 0.258 e. The Morgan fingerprint density at radius 2 is 2.10 bits per heavy atom. The molecule has 0 unspecified atom stereocenters. The van der Waals surface area contributed by atoms with Crippen LogP contribution in [-0.2, 0) is 5.75 Å². The summed E-state index contributed by atoms with van der Waals surface area (Å²) in [4.78, 5) is 4.33. The monoisotopic (exact) mass is 307 g/mol. The zero-order valence-electron chi connectivity index (χ0n) is 11.7. The van der Waals surface area contributed by atoms with Gasteiger partial charge in [-0.3, -0.25) is 0 Å². The Balaban J connectivity index is 1.63. The average Bonchev–Trinajstić information content (AvgIpc) is 2.98. The maximum atomic E-state index is 13.4. The fourth-order valence-electron chi connectivity index (χ4n) is 2.51. The Morgan fingerprint density at radius 1 is 1.29 bits per heavy atom. The molecule has 1 aliphatic carbocycles. The van der Waals surface area contributed by atoms with Crippen LogP contribution < -0.4 is 5.73 Å². The maximum absolute atomic E-state index is 13.4. The van der Waals surface area contributed by atoms with E-state index in [9.17, 15) is 4.39 Å². The number of aromatic nitrogens is 2. The molecule has 0 saturated heterocycles. The molecular weight excluding hydrogens is 289 g/mol. The van der Waals surface area contributed by atoms with E-state index in [2.05, 4.69) is 10.1 Å². The molecule has 0 radical (unpaired) electrons. The van der Waals surface area contributed by atoms with Crippen LogP contribution >= 0.6 is 11.8 Å². The molecule has 1 aromatic heterocycles. The van der Waals surface area contributed by atoms with Crippen molar-refractivity contribution in [2.45, 2.75) is 43.1 Å². The number of hydrogen-bond acceptors (Lipinski definition) is 5. The van der Waals surface area contributed by atoms with Gasteiger partial charge in [0, 0.05) is 10.8 Å². The lowest BCUT2D eigenvalue weighted by molar-refractivity contribution is 0.424. The van der Waals surface area contributed by atoms with E-state index in [-0.39, 0.29) is 5.69 Å². The van der Waals surface area contributed by atoms with Crippen LogP contribution in [0.15, 0.2) is 22.7 Å². The zero-order valence-corrected chi connectivity index (χ0v) is 12.5. The highest BCUT2D eigenvalue weighted by atomic mass is 32.2. The Labute approximate surface area is 127 Å². The van der Waals surface area contributed by atoms with Crippen LogP contribution in [0.3, 0.4) is 0 Å². The predicted molar refractivity (Wildman–Crippen MR) is 82.3 cm³/mol. The minimum atomic E-state index is -0.469. The first-order valence-electron chi connectivity index (χ1n) is 7.22. The van der Waals surface area contributed by atoms with Gasteiger partial charge in [0.25, 0.3) is 5.89 Å². The SMILES string of the molecule is Nc1ccc(-c2nc(CSC3CCCCC3)no2)cc1F. The second-order valence-electron chi connectivity index (χ2n) is 5.32. The minimum absolute atomic E-state index is 0.117. The molecule has 0 atom stereocenters. The minimum Gasteiger partial charge on any atom is -0.396 e. The molecular formula is C15H18FN3OS. The van der Waals surface area contributed by atoms with E-state index in [0.29, 0.717) is 22.5 Å². The summed E-state index contributed by atoms with van der Waals surface area (Å²) in [5, 5.41) is 4.67. The summed E-state index contributed by atoms with van der Waals surface area (Å²) in [6.07, 6.45) is 6.54. The lowest BCUT2D eigenvalue weighted by Gasteiger charge is -2.19. The molecule has 1 fully saturated rings. The van der Waals surface area contributed by atoms with Crippen molar-refractivity contribution >= 4 is 17.4 Å². The fourth-order valence-corrected chi connectivity index (χ4v) is 3.68. The second kappa shape index (κ2) is 6.47. The largest absolute Gasteiger partial charge is 0.396 e. The van der Waals surface area contributed by atoms with Crippen LogP contribution in [0.2, 0.25) is 0 Å².